The van der Waals surface area contributed by atoms with E-state index in [1.54, 1.807) is 0 Å². The molecule has 0 aliphatic carbocycles. The van der Waals surface area contributed by atoms with Gasteiger partial charge in [0.15, 0.2) is 5.82 Å². The van der Waals surface area contributed by atoms with Crippen LogP contribution in [0.5, 0.6) is 0 Å². The number of ether oxygens (including phenoxy) is 1. The maximum atomic E-state index is 5.56. The molecule has 80 valence electrons. The van der Waals surface area contributed by atoms with Gasteiger partial charge >= 0.3 is 0 Å². The molecule has 0 amide bonds. The lowest BCUT2D eigenvalue weighted by Gasteiger charge is -2.07. The van der Waals surface area contributed by atoms with Gasteiger partial charge in [0.05, 0.1) is 6.54 Å². The number of nitrogens with two attached hydrogens (primary N) is 1. The standard InChI is InChI=1S/C9H18N4O/c1-3-5-13-8(6-10)11-12-9(13)7-14-4-2/h3-7,10H2,1-2H3. The molecule has 0 unspecified atom stereocenters. The molecule has 0 atom stereocenters. The van der Waals surface area contributed by atoms with Crippen LogP contribution in [-0.2, 0) is 24.4 Å². The molecule has 5 heteroatoms. The summed E-state index contributed by atoms with van der Waals surface area (Å²) in [6, 6.07) is 0. The normalized spacial score (nSPS) is 10.8. The molecule has 0 aliphatic rings. The van der Waals surface area contributed by atoms with E-state index >= 15 is 0 Å². The van der Waals surface area contributed by atoms with E-state index < -0.39 is 0 Å². The van der Waals surface area contributed by atoms with Crippen molar-refractivity contribution in [1.82, 2.24) is 14.8 Å². The SMILES string of the molecule is CCCn1c(CN)nnc1COCC. The summed E-state index contributed by atoms with van der Waals surface area (Å²) in [5, 5.41) is 8.07. The van der Waals surface area contributed by atoms with E-state index in [1.807, 2.05) is 11.5 Å². The predicted molar refractivity (Wildman–Crippen MR) is 53.5 cm³/mol. The van der Waals surface area contributed by atoms with Gasteiger partial charge in [0, 0.05) is 13.2 Å². The Morgan fingerprint density at radius 2 is 2.00 bits per heavy atom. The van der Waals surface area contributed by atoms with Crippen molar-refractivity contribution >= 4 is 0 Å². The highest BCUT2D eigenvalue weighted by Crippen LogP contribution is 2.04. The van der Waals surface area contributed by atoms with Crippen molar-refractivity contribution < 1.29 is 4.74 Å². The Labute approximate surface area is 84.3 Å². The van der Waals surface area contributed by atoms with Crippen LogP contribution in [-0.4, -0.2) is 21.4 Å². The zero-order valence-electron chi connectivity index (χ0n) is 8.86. The van der Waals surface area contributed by atoms with Gasteiger partial charge < -0.3 is 15.0 Å². The monoisotopic (exact) mass is 198 g/mol. The van der Waals surface area contributed by atoms with Gasteiger partial charge in [-0.25, -0.2) is 0 Å². The summed E-state index contributed by atoms with van der Waals surface area (Å²) in [5.41, 5.74) is 5.56. The molecular weight excluding hydrogens is 180 g/mol. The van der Waals surface area contributed by atoms with E-state index in [2.05, 4.69) is 17.1 Å². The van der Waals surface area contributed by atoms with Crippen molar-refractivity contribution in [2.45, 2.75) is 40.0 Å². The van der Waals surface area contributed by atoms with E-state index in [-0.39, 0.29) is 0 Å². The second-order valence-corrected chi connectivity index (χ2v) is 3.03. The van der Waals surface area contributed by atoms with Crippen molar-refractivity contribution in [2.24, 2.45) is 5.73 Å². The first kappa shape index (κ1) is 11.1. The van der Waals surface area contributed by atoms with Crippen LogP contribution in [0.25, 0.3) is 0 Å². The lowest BCUT2D eigenvalue weighted by atomic mass is 10.4. The van der Waals surface area contributed by atoms with E-state index in [9.17, 15) is 0 Å². The van der Waals surface area contributed by atoms with Crippen molar-refractivity contribution in [3.05, 3.63) is 11.6 Å². The second kappa shape index (κ2) is 5.72. The molecular formula is C9H18N4O. The Bertz CT molecular complexity index is 272. The van der Waals surface area contributed by atoms with Crippen LogP contribution in [0.1, 0.15) is 31.9 Å². The fraction of sp³-hybridized carbons (Fsp3) is 0.778. The highest BCUT2D eigenvalue weighted by Gasteiger charge is 2.09. The number of hydrogen-bond donors (Lipinski definition) is 1. The summed E-state index contributed by atoms with van der Waals surface area (Å²) < 4.78 is 7.34. The lowest BCUT2D eigenvalue weighted by molar-refractivity contribution is 0.125. The smallest absolute Gasteiger partial charge is 0.159 e. The van der Waals surface area contributed by atoms with Crippen molar-refractivity contribution in [2.75, 3.05) is 6.61 Å². The molecule has 1 aromatic rings. The molecule has 0 saturated carbocycles. The Kier molecular flexibility index (Phi) is 4.55. The quantitative estimate of drug-likeness (QED) is 0.730. The van der Waals surface area contributed by atoms with Crippen LogP contribution in [0.3, 0.4) is 0 Å². The first-order valence-electron chi connectivity index (χ1n) is 5.02. The molecule has 1 rings (SSSR count). The first-order valence-corrected chi connectivity index (χ1v) is 5.02. The highest BCUT2D eigenvalue weighted by atomic mass is 16.5. The van der Waals surface area contributed by atoms with Crippen LogP contribution in [0.15, 0.2) is 0 Å². The summed E-state index contributed by atoms with van der Waals surface area (Å²) in [7, 11) is 0. The highest BCUT2D eigenvalue weighted by molar-refractivity contribution is 4.94. The van der Waals surface area contributed by atoms with Crippen molar-refractivity contribution in [1.29, 1.82) is 0 Å². The third-order valence-corrected chi connectivity index (χ3v) is 1.97. The molecule has 0 saturated heterocycles. The third-order valence-electron chi connectivity index (χ3n) is 1.97. The molecule has 0 aliphatic heterocycles. The van der Waals surface area contributed by atoms with Crippen LogP contribution in [0, 0.1) is 0 Å². The van der Waals surface area contributed by atoms with E-state index in [0.717, 1.165) is 24.6 Å². The minimum atomic E-state index is 0.430. The fourth-order valence-corrected chi connectivity index (χ4v) is 1.31. The fourth-order valence-electron chi connectivity index (χ4n) is 1.31. The van der Waals surface area contributed by atoms with E-state index in [0.29, 0.717) is 19.8 Å². The van der Waals surface area contributed by atoms with Gasteiger partial charge in [0.25, 0.3) is 0 Å². The van der Waals surface area contributed by atoms with E-state index in [4.69, 9.17) is 10.5 Å². The maximum Gasteiger partial charge on any atom is 0.159 e. The molecule has 0 aromatic carbocycles. The maximum absolute atomic E-state index is 5.56. The summed E-state index contributed by atoms with van der Waals surface area (Å²) in [6.07, 6.45) is 1.05. The number of aromatic nitrogens is 3. The average Bonchev–Trinajstić information content (AvgIpc) is 2.58. The van der Waals surface area contributed by atoms with Crippen molar-refractivity contribution in [3.63, 3.8) is 0 Å². The topological polar surface area (TPSA) is 66.0 Å². The minimum Gasteiger partial charge on any atom is -0.374 e. The summed E-state index contributed by atoms with van der Waals surface area (Å²) in [5.74, 6) is 1.70. The number of nitrogens with zero attached hydrogens (tertiary/aromatic N) is 3. The van der Waals surface area contributed by atoms with Gasteiger partial charge in [0.2, 0.25) is 0 Å². The van der Waals surface area contributed by atoms with Gasteiger partial charge in [-0.1, -0.05) is 6.92 Å². The molecule has 0 fully saturated rings. The van der Waals surface area contributed by atoms with Crippen LogP contribution >= 0.6 is 0 Å². The molecule has 0 spiro atoms. The molecule has 1 aromatic heterocycles. The molecule has 2 N–H and O–H groups in total. The van der Waals surface area contributed by atoms with Gasteiger partial charge in [-0.2, -0.15) is 0 Å². The average molecular weight is 198 g/mol. The van der Waals surface area contributed by atoms with Crippen molar-refractivity contribution in [3.8, 4) is 0 Å². The van der Waals surface area contributed by atoms with Crippen LogP contribution < -0.4 is 5.73 Å². The zero-order chi connectivity index (χ0) is 10.4. The Hall–Kier alpha value is -0.940. The minimum absolute atomic E-state index is 0.430. The molecule has 5 nitrogen and oxygen atoms in total. The van der Waals surface area contributed by atoms with Gasteiger partial charge in [-0.3, -0.25) is 0 Å². The Balaban J connectivity index is 2.75. The summed E-state index contributed by atoms with van der Waals surface area (Å²) >= 11 is 0. The van der Waals surface area contributed by atoms with Gasteiger partial charge in [0.1, 0.15) is 12.4 Å². The summed E-state index contributed by atoms with van der Waals surface area (Å²) in [4.78, 5) is 0. The third kappa shape index (κ3) is 2.52. The number of rotatable bonds is 6. The zero-order valence-corrected chi connectivity index (χ0v) is 8.86. The summed E-state index contributed by atoms with van der Waals surface area (Å²) in [6.45, 7) is 6.62. The lowest BCUT2D eigenvalue weighted by Crippen LogP contribution is -2.11. The van der Waals surface area contributed by atoms with Gasteiger partial charge in [-0.05, 0) is 13.3 Å². The molecule has 0 bridgehead atoms. The molecule has 1 heterocycles. The molecule has 14 heavy (non-hydrogen) atoms. The predicted octanol–water partition coefficient (Wildman–Crippen LogP) is 0.683. The van der Waals surface area contributed by atoms with E-state index in [1.165, 1.54) is 0 Å². The first-order chi connectivity index (χ1) is 6.83. The van der Waals surface area contributed by atoms with Crippen LogP contribution in [0.2, 0.25) is 0 Å². The Morgan fingerprint density at radius 3 is 2.57 bits per heavy atom. The van der Waals surface area contributed by atoms with Gasteiger partial charge in [-0.15, -0.1) is 10.2 Å². The van der Waals surface area contributed by atoms with Crippen LogP contribution in [0.4, 0.5) is 0 Å². The Morgan fingerprint density at radius 1 is 1.29 bits per heavy atom. The number of hydrogen-bond acceptors (Lipinski definition) is 4. The largest absolute Gasteiger partial charge is 0.374 e. The second-order valence-electron chi connectivity index (χ2n) is 3.03. The molecule has 0 radical (unpaired) electrons.